The first-order chi connectivity index (χ1) is 9.15. The molecule has 19 heavy (non-hydrogen) atoms. The fourth-order valence-electron chi connectivity index (χ4n) is 2.20. The van der Waals surface area contributed by atoms with Gasteiger partial charge < -0.3 is 15.1 Å². The number of hydrogen-bond donors (Lipinski definition) is 2. The van der Waals surface area contributed by atoms with E-state index in [4.69, 9.17) is 4.42 Å². The van der Waals surface area contributed by atoms with Gasteiger partial charge in [0.2, 0.25) is 0 Å². The van der Waals surface area contributed by atoms with Crippen molar-refractivity contribution in [2.75, 3.05) is 6.54 Å². The summed E-state index contributed by atoms with van der Waals surface area (Å²) in [5.41, 5.74) is 1.28. The Hall–Kier alpha value is -0.800. The summed E-state index contributed by atoms with van der Waals surface area (Å²) in [5.74, 6) is 2.24. The van der Waals surface area contributed by atoms with Crippen molar-refractivity contribution in [3.63, 3.8) is 0 Å². The van der Waals surface area contributed by atoms with Gasteiger partial charge in [0.15, 0.2) is 0 Å². The SMILES string of the molecule is Cc1cc(CCCCNC2CC2)oc1CNC(C)C. The van der Waals surface area contributed by atoms with Gasteiger partial charge in [-0.2, -0.15) is 0 Å². The Labute approximate surface area is 117 Å². The van der Waals surface area contributed by atoms with E-state index in [-0.39, 0.29) is 0 Å². The van der Waals surface area contributed by atoms with Gasteiger partial charge in [-0.15, -0.1) is 0 Å². The molecule has 0 aromatic carbocycles. The molecule has 1 heterocycles. The Bertz CT molecular complexity index is 380. The molecule has 3 nitrogen and oxygen atoms in total. The summed E-state index contributed by atoms with van der Waals surface area (Å²) in [4.78, 5) is 0. The Kier molecular flexibility index (Phi) is 5.46. The van der Waals surface area contributed by atoms with Gasteiger partial charge in [0.05, 0.1) is 6.54 Å². The number of aryl methyl sites for hydroxylation is 2. The third kappa shape index (κ3) is 5.37. The second-order valence-electron chi connectivity index (χ2n) is 6.04. The van der Waals surface area contributed by atoms with E-state index in [0.717, 1.165) is 37.1 Å². The quantitative estimate of drug-likeness (QED) is 0.673. The molecule has 1 aliphatic rings. The molecule has 0 amide bonds. The first-order valence-electron chi connectivity index (χ1n) is 7.70. The molecule has 0 bridgehead atoms. The number of nitrogens with one attached hydrogen (secondary N) is 2. The van der Waals surface area contributed by atoms with Crippen LogP contribution < -0.4 is 10.6 Å². The van der Waals surface area contributed by atoms with Crippen LogP contribution in [0.2, 0.25) is 0 Å². The predicted molar refractivity (Wildman–Crippen MR) is 79.4 cm³/mol. The van der Waals surface area contributed by atoms with Crippen molar-refractivity contribution < 1.29 is 4.42 Å². The lowest BCUT2D eigenvalue weighted by atomic mass is 10.2. The fraction of sp³-hybridized carbons (Fsp3) is 0.750. The molecule has 1 saturated carbocycles. The molecule has 0 radical (unpaired) electrons. The summed E-state index contributed by atoms with van der Waals surface area (Å²) in [6.45, 7) is 8.45. The number of furan rings is 1. The molecule has 1 aromatic heterocycles. The van der Waals surface area contributed by atoms with Crippen molar-refractivity contribution in [1.29, 1.82) is 0 Å². The van der Waals surface area contributed by atoms with Crippen LogP contribution in [0.3, 0.4) is 0 Å². The fourth-order valence-corrected chi connectivity index (χ4v) is 2.20. The van der Waals surface area contributed by atoms with Gasteiger partial charge >= 0.3 is 0 Å². The van der Waals surface area contributed by atoms with Crippen molar-refractivity contribution in [1.82, 2.24) is 10.6 Å². The highest BCUT2D eigenvalue weighted by Gasteiger charge is 2.19. The average molecular weight is 264 g/mol. The highest BCUT2D eigenvalue weighted by molar-refractivity contribution is 5.20. The minimum absolute atomic E-state index is 0.501. The van der Waals surface area contributed by atoms with E-state index in [1.165, 1.54) is 31.2 Å². The van der Waals surface area contributed by atoms with E-state index in [9.17, 15) is 0 Å². The molecular weight excluding hydrogens is 236 g/mol. The summed E-state index contributed by atoms with van der Waals surface area (Å²) < 4.78 is 5.92. The molecule has 2 N–H and O–H groups in total. The van der Waals surface area contributed by atoms with Crippen LogP contribution in [-0.2, 0) is 13.0 Å². The highest BCUT2D eigenvalue weighted by atomic mass is 16.3. The maximum atomic E-state index is 5.92. The number of unbranched alkanes of at least 4 members (excludes halogenated alkanes) is 1. The van der Waals surface area contributed by atoms with Crippen LogP contribution in [0.15, 0.2) is 10.5 Å². The standard InChI is InChI=1S/C16H28N2O/c1-12(2)18-11-16-13(3)10-15(19-16)6-4-5-9-17-14-7-8-14/h10,12,14,17-18H,4-9,11H2,1-3H3. The van der Waals surface area contributed by atoms with Crippen molar-refractivity contribution in [3.8, 4) is 0 Å². The van der Waals surface area contributed by atoms with Gasteiger partial charge in [-0.25, -0.2) is 0 Å². The highest BCUT2D eigenvalue weighted by Crippen LogP contribution is 2.19. The van der Waals surface area contributed by atoms with Gasteiger partial charge in [-0.05, 0) is 50.8 Å². The van der Waals surface area contributed by atoms with Crippen LogP contribution in [0, 0.1) is 6.92 Å². The molecule has 1 aliphatic carbocycles. The molecule has 1 aromatic rings. The van der Waals surface area contributed by atoms with Gasteiger partial charge in [-0.3, -0.25) is 0 Å². The lowest BCUT2D eigenvalue weighted by Crippen LogP contribution is -2.21. The zero-order chi connectivity index (χ0) is 13.7. The zero-order valence-corrected chi connectivity index (χ0v) is 12.6. The van der Waals surface area contributed by atoms with Crippen LogP contribution >= 0.6 is 0 Å². The number of rotatable bonds is 9. The Morgan fingerprint density at radius 2 is 2.11 bits per heavy atom. The van der Waals surface area contributed by atoms with E-state index in [1.54, 1.807) is 0 Å². The topological polar surface area (TPSA) is 37.2 Å². The van der Waals surface area contributed by atoms with Gasteiger partial charge in [0.1, 0.15) is 11.5 Å². The monoisotopic (exact) mass is 264 g/mol. The third-order valence-electron chi connectivity index (χ3n) is 3.60. The van der Waals surface area contributed by atoms with E-state index in [0.29, 0.717) is 6.04 Å². The lowest BCUT2D eigenvalue weighted by Gasteiger charge is -2.06. The van der Waals surface area contributed by atoms with E-state index < -0.39 is 0 Å². The summed E-state index contributed by atoms with van der Waals surface area (Å²) in [6, 6.07) is 3.53. The molecule has 1 fully saturated rings. The first-order valence-corrected chi connectivity index (χ1v) is 7.70. The second kappa shape index (κ2) is 7.11. The maximum Gasteiger partial charge on any atom is 0.120 e. The number of hydrogen-bond acceptors (Lipinski definition) is 3. The van der Waals surface area contributed by atoms with Crippen molar-refractivity contribution in [3.05, 3.63) is 23.2 Å². The molecule has 0 aliphatic heterocycles. The zero-order valence-electron chi connectivity index (χ0n) is 12.6. The second-order valence-corrected chi connectivity index (χ2v) is 6.04. The molecule has 3 heteroatoms. The molecule has 108 valence electrons. The smallest absolute Gasteiger partial charge is 0.120 e. The average Bonchev–Trinajstić information content (AvgIpc) is 3.10. The summed E-state index contributed by atoms with van der Waals surface area (Å²) in [7, 11) is 0. The lowest BCUT2D eigenvalue weighted by molar-refractivity contribution is 0.427. The van der Waals surface area contributed by atoms with Crippen LogP contribution in [0.4, 0.5) is 0 Å². The largest absolute Gasteiger partial charge is 0.464 e. The van der Waals surface area contributed by atoms with Gasteiger partial charge in [-0.1, -0.05) is 13.8 Å². The first kappa shape index (κ1) is 14.6. The minimum Gasteiger partial charge on any atom is -0.464 e. The summed E-state index contributed by atoms with van der Waals surface area (Å²) in [6.07, 6.45) is 6.28. The Balaban J connectivity index is 1.66. The van der Waals surface area contributed by atoms with Gasteiger partial charge in [0.25, 0.3) is 0 Å². The molecule has 0 atom stereocenters. The molecule has 0 unspecified atom stereocenters. The van der Waals surface area contributed by atoms with Crippen molar-refractivity contribution in [2.24, 2.45) is 0 Å². The van der Waals surface area contributed by atoms with Crippen LogP contribution in [0.1, 0.15) is 56.6 Å². The third-order valence-corrected chi connectivity index (χ3v) is 3.60. The Morgan fingerprint density at radius 1 is 1.32 bits per heavy atom. The Morgan fingerprint density at radius 3 is 2.79 bits per heavy atom. The van der Waals surface area contributed by atoms with Crippen LogP contribution in [-0.4, -0.2) is 18.6 Å². The summed E-state index contributed by atoms with van der Waals surface area (Å²) >= 11 is 0. The normalized spacial score (nSPS) is 15.4. The van der Waals surface area contributed by atoms with Gasteiger partial charge in [0, 0.05) is 18.5 Å². The molecular formula is C16H28N2O. The molecule has 2 rings (SSSR count). The van der Waals surface area contributed by atoms with E-state index >= 15 is 0 Å². The maximum absolute atomic E-state index is 5.92. The molecule has 0 saturated heterocycles. The predicted octanol–water partition coefficient (Wildman–Crippen LogP) is 3.16. The van der Waals surface area contributed by atoms with Crippen LogP contribution in [0.5, 0.6) is 0 Å². The van der Waals surface area contributed by atoms with E-state index in [1.807, 2.05) is 0 Å². The summed E-state index contributed by atoms with van der Waals surface area (Å²) in [5, 5.41) is 6.96. The minimum atomic E-state index is 0.501. The van der Waals surface area contributed by atoms with E-state index in [2.05, 4.69) is 37.5 Å². The molecule has 0 spiro atoms. The van der Waals surface area contributed by atoms with Crippen LogP contribution in [0.25, 0.3) is 0 Å². The van der Waals surface area contributed by atoms with Crippen molar-refractivity contribution in [2.45, 2.75) is 71.5 Å². The van der Waals surface area contributed by atoms with Crippen molar-refractivity contribution >= 4 is 0 Å².